The van der Waals surface area contributed by atoms with E-state index in [-0.39, 0.29) is 0 Å². The molecule has 3 heteroatoms. The Labute approximate surface area is 124 Å². The summed E-state index contributed by atoms with van der Waals surface area (Å²) in [6, 6.07) is 12.7. The summed E-state index contributed by atoms with van der Waals surface area (Å²) in [5.41, 5.74) is 4.95. The third-order valence-corrected chi connectivity index (χ3v) is 4.44. The molecule has 1 unspecified atom stereocenters. The van der Waals surface area contributed by atoms with Crippen molar-refractivity contribution in [3.05, 3.63) is 58.1 Å². The number of hydrogen-bond acceptors (Lipinski definition) is 2. The van der Waals surface area contributed by atoms with Crippen LogP contribution in [0.25, 0.3) is 0 Å². The Morgan fingerprint density at radius 3 is 2.90 bits per heavy atom. The van der Waals surface area contributed by atoms with Gasteiger partial charge in [0.25, 0.3) is 0 Å². The van der Waals surface area contributed by atoms with E-state index in [9.17, 15) is 0 Å². The van der Waals surface area contributed by atoms with Gasteiger partial charge in [0.2, 0.25) is 0 Å². The molecule has 0 aromatic heterocycles. The van der Waals surface area contributed by atoms with Crippen LogP contribution in [-0.2, 0) is 6.42 Å². The predicted molar refractivity (Wildman–Crippen MR) is 83.9 cm³/mol. The first kappa shape index (κ1) is 13.3. The SMILES string of the molecule is COc1ccc2c(c1)C(Nc1cccc(Cl)c1C)CC2. The zero-order valence-corrected chi connectivity index (χ0v) is 12.5. The van der Waals surface area contributed by atoms with Crippen molar-refractivity contribution in [1.82, 2.24) is 0 Å². The molecular formula is C17H18ClNO. The van der Waals surface area contributed by atoms with E-state index in [2.05, 4.69) is 23.5 Å². The fourth-order valence-corrected chi connectivity index (χ4v) is 2.98. The Balaban J connectivity index is 1.89. The van der Waals surface area contributed by atoms with Gasteiger partial charge in [0, 0.05) is 10.7 Å². The van der Waals surface area contributed by atoms with Crippen molar-refractivity contribution in [2.24, 2.45) is 0 Å². The number of halogens is 1. The summed E-state index contributed by atoms with van der Waals surface area (Å²) in [7, 11) is 1.71. The lowest BCUT2D eigenvalue weighted by molar-refractivity contribution is 0.414. The largest absolute Gasteiger partial charge is 0.497 e. The molecule has 1 aliphatic rings. The van der Waals surface area contributed by atoms with Gasteiger partial charge in [0.05, 0.1) is 13.2 Å². The highest BCUT2D eigenvalue weighted by Gasteiger charge is 2.23. The van der Waals surface area contributed by atoms with E-state index in [1.807, 2.05) is 25.1 Å². The standard InChI is InChI=1S/C17H18ClNO/c1-11-15(18)4-3-5-16(11)19-17-9-7-12-6-8-13(20-2)10-14(12)17/h3-6,8,10,17,19H,7,9H2,1-2H3. The lowest BCUT2D eigenvalue weighted by Crippen LogP contribution is -2.08. The molecule has 104 valence electrons. The minimum atomic E-state index is 0.331. The van der Waals surface area contributed by atoms with Gasteiger partial charge in [0.1, 0.15) is 5.75 Å². The number of fused-ring (bicyclic) bond motifs is 1. The number of ether oxygens (including phenoxy) is 1. The van der Waals surface area contributed by atoms with Gasteiger partial charge in [-0.2, -0.15) is 0 Å². The first-order valence-corrected chi connectivity index (χ1v) is 7.25. The van der Waals surface area contributed by atoms with E-state index < -0.39 is 0 Å². The highest BCUT2D eigenvalue weighted by Crippen LogP contribution is 2.37. The molecule has 2 aromatic carbocycles. The third-order valence-electron chi connectivity index (χ3n) is 4.03. The minimum absolute atomic E-state index is 0.331. The van der Waals surface area contributed by atoms with Crippen LogP contribution in [0.2, 0.25) is 5.02 Å². The second kappa shape index (κ2) is 5.37. The number of hydrogen-bond donors (Lipinski definition) is 1. The van der Waals surface area contributed by atoms with Crippen LogP contribution in [0.1, 0.15) is 29.2 Å². The third kappa shape index (κ3) is 2.36. The van der Waals surface area contributed by atoms with Gasteiger partial charge in [-0.3, -0.25) is 0 Å². The van der Waals surface area contributed by atoms with E-state index in [0.717, 1.165) is 34.9 Å². The molecule has 1 atom stereocenters. The van der Waals surface area contributed by atoms with Crippen LogP contribution >= 0.6 is 11.6 Å². The molecule has 1 N–H and O–H groups in total. The summed E-state index contributed by atoms with van der Waals surface area (Å²) in [6.45, 7) is 2.05. The molecule has 20 heavy (non-hydrogen) atoms. The number of methoxy groups -OCH3 is 1. The first-order chi connectivity index (χ1) is 9.69. The Bertz CT molecular complexity index is 639. The summed E-state index contributed by atoms with van der Waals surface area (Å²) in [6.07, 6.45) is 2.21. The van der Waals surface area contributed by atoms with Gasteiger partial charge in [-0.05, 0) is 60.7 Å². The van der Waals surface area contributed by atoms with E-state index in [4.69, 9.17) is 16.3 Å². The van der Waals surface area contributed by atoms with Gasteiger partial charge < -0.3 is 10.1 Å². The van der Waals surface area contributed by atoms with Crippen molar-refractivity contribution in [1.29, 1.82) is 0 Å². The lowest BCUT2D eigenvalue weighted by atomic mass is 10.1. The Hall–Kier alpha value is -1.67. The summed E-state index contributed by atoms with van der Waals surface area (Å²) in [5.74, 6) is 0.917. The molecule has 0 heterocycles. The van der Waals surface area contributed by atoms with Crippen molar-refractivity contribution < 1.29 is 4.74 Å². The fraction of sp³-hybridized carbons (Fsp3) is 0.294. The maximum Gasteiger partial charge on any atom is 0.119 e. The molecule has 0 amide bonds. The Kier molecular flexibility index (Phi) is 3.58. The van der Waals surface area contributed by atoms with Gasteiger partial charge in [-0.15, -0.1) is 0 Å². The fourth-order valence-electron chi connectivity index (χ4n) is 2.81. The number of nitrogens with one attached hydrogen (secondary N) is 1. The molecule has 0 bridgehead atoms. The highest BCUT2D eigenvalue weighted by atomic mass is 35.5. The van der Waals surface area contributed by atoms with Crippen molar-refractivity contribution in [3.8, 4) is 5.75 Å². The molecule has 0 spiro atoms. The molecule has 1 aliphatic carbocycles. The molecule has 0 saturated heterocycles. The van der Waals surface area contributed by atoms with Gasteiger partial charge in [0.15, 0.2) is 0 Å². The molecule has 2 nitrogen and oxygen atoms in total. The van der Waals surface area contributed by atoms with Gasteiger partial charge in [-0.25, -0.2) is 0 Å². The number of benzene rings is 2. The average Bonchev–Trinajstić information content (AvgIpc) is 2.86. The smallest absolute Gasteiger partial charge is 0.119 e. The van der Waals surface area contributed by atoms with E-state index in [1.54, 1.807) is 7.11 Å². The van der Waals surface area contributed by atoms with E-state index >= 15 is 0 Å². The van der Waals surface area contributed by atoms with Crippen LogP contribution in [-0.4, -0.2) is 7.11 Å². The summed E-state index contributed by atoms with van der Waals surface area (Å²) < 4.78 is 5.33. The second-order valence-corrected chi connectivity index (χ2v) is 5.62. The monoisotopic (exact) mass is 287 g/mol. The summed E-state index contributed by atoms with van der Waals surface area (Å²) >= 11 is 6.19. The van der Waals surface area contributed by atoms with Crippen molar-refractivity contribution >= 4 is 17.3 Å². The molecule has 0 radical (unpaired) electrons. The average molecular weight is 288 g/mol. The van der Waals surface area contributed by atoms with Crippen LogP contribution < -0.4 is 10.1 Å². The van der Waals surface area contributed by atoms with Crippen LogP contribution in [0.5, 0.6) is 5.75 Å². The zero-order valence-electron chi connectivity index (χ0n) is 11.7. The molecule has 3 rings (SSSR count). The molecule has 0 aliphatic heterocycles. The number of rotatable bonds is 3. The van der Waals surface area contributed by atoms with Crippen molar-refractivity contribution in [3.63, 3.8) is 0 Å². The topological polar surface area (TPSA) is 21.3 Å². The molecule has 0 saturated carbocycles. The Morgan fingerprint density at radius 1 is 1.25 bits per heavy atom. The molecular weight excluding hydrogens is 270 g/mol. The summed E-state index contributed by atoms with van der Waals surface area (Å²) in [4.78, 5) is 0. The Morgan fingerprint density at radius 2 is 2.10 bits per heavy atom. The minimum Gasteiger partial charge on any atom is -0.497 e. The van der Waals surface area contributed by atoms with Crippen molar-refractivity contribution in [2.75, 3.05) is 12.4 Å². The predicted octanol–water partition coefficient (Wildman–Crippen LogP) is 4.76. The highest BCUT2D eigenvalue weighted by molar-refractivity contribution is 6.31. The maximum absolute atomic E-state index is 6.19. The number of aryl methyl sites for hydroxylation is 1. The van der Waals surface area contributed by atoms with Gasteiger partial charge in [-0.1, -0.05) is 23.7 Å². The van der Waals surface area contributed by atoms with Crippen LogP contribution in [0.4, 0.5) is 5.69 Å². The zero-order chi connectivity index (χ0) is 14.1. The molecule has 2 aromatic rings. The van der Waals surface area contributed by atoms with Crippen molar-refractivity contribution in [2.45, 2.75) is 25.8 Å². The first-order valence-electron chi connectivity index (χ1n) is 6.87. The second-order valence-electron chi connectivity index (χ2n) is 5.21. The van der Waals surface area contributed by atoms with E-state index in [0.29, 0.717) is 6.04 Å². The molecule has 0 fully saturated rings. The van der Waals surface area contributed by atoms with Crippen LogP contribution in [0.3, 0.4) is 0 Å². The van der Waals surface area contributed by atoms with Gasteiger partial charge >= 0.3 is 0 Å². The van der Waals surface area contributed by atoms with Crippen LogP contribution in [0.15, 0.2) is 36.4 Å². The number of anilines is 1. The lowest BCUT2D eigenvalue weighted by Gasteiger charge is -2.18. The quantitative estimate of drug-likeness (QED) is 0.879. The maximum atomic E-state index is 6.19. The van der Waals surface area contributed by atoms with E-state index in [1.165, 1.54) is 11.1 Å². The normalized spacial score (nSPS) is 16.9. The summed E-state index contributed by atoms with van der Waals surface area (Å²) in [5, 5.41) is 4.42. The van der Waals surface area contributed by atoms with Crippen LogP contribution in [0, 0.1) is 6.92 Å².